The molecular weight excluding hydrogens is 547 g/mol. The lowest BCUT2D eigenvalue weighted by Crippen LogP contribution is -2.53. The summed E-state index contributed by atoms with van der Waals surface area (Å²) in [7, 11) is 0. The van der Waals surface area contributed by atoms with Gasteiger partial charge >= 0.3 is 0 Å². The number of carbonyl (C=O) groups excluding carboxylic acids is 3. The molecule has 0 aliphatic heterocycles. The fourth-order valence-corrected chi connectivity index (χ4v) is 3.33. The van der Waals surface area contributed by atoms with Crippen molar-refractivity contribution in [2.75, 3.05) is 39.5 Å². The van der Waals surface area contributed by atoms with Crippen molar-refractivity contribution in [2.45, 2.75) is 65.8 Å². The topological polar surface area (TPSA) is 93.7 Å². The third kappa shape index (κ3) is 11.4. The molecule has 0 aliphatic carbocycles. The second-order valence-electron chi connectivity index (χ2n) is 9.26. The summed E-state index contributed by atoms with van der Waals surface area (Å²) in [6.45, 7) is 11.4. The Labute approximate surface area is 218 Å². The van der Waals surface area contributed by atoms with E-state index >= 15 is 0 Å². The van der Waals surface area contributed by atoms with E-state index in [0.29, 0.717) is 45.6 Å². The minimum atomic E-state index is -0.735. The van der Waals surface area contributed by atoms with Crippen LogP contribution in [0.5, 0.6) is 0 Å². The number of ketones is 2. The van der Waals surface area contributed by atoms with Crippen LogP contribution in [-0.2, 0) is 30.3 Å². The van der Waals surface area contributed by atoms with Gasteiger partial charge in [-0.3, -0.25) is 14.4 Å². The molecule has 0 fully saturated rings. The number of ether oxygens (including phenoxy) is 2. The molecule has 1 atom stereocenters. The molecule has 0 radical (unpaired) electrons. The number of halogens is 1. The summed E-state index contributed by atoms with van der Waals surface area (Å²) < 4.78 is 12.1. The number of Topliss-reactive ketones (excluding diaryl/α,β-unsaturated/α-hetero) is 2. The third-order valence-corrected chi connectivity index (χ3v) is 7.05. The second-order valence-corrected chi connectivity index (χ2v) is 10.5. The van der Waals surface area contributed by atoms with Gasteiger partial charge in [0.1, 0.15) is 6.61 Å². The standard InChI is InChI=1S/C26H41IN2O5/c1-6-25(3,4)23(31)19-34-17-16-33-15-14-29-26(5,7-2)22(30)18-28-24(32)13-10-20-8-11-21(27)12-9-20/h8-9,11-12,29H,6-7,10,13-19H2,1-5H3,(H,28,32). The zero-order chi connectivity index (χ0) is 25.6. The molecule has 0 aromatic heterocycles. The van der Waals surface area contributed by atoms with Gasteiger partial charge in [0.15, 0.2) is 11.6 Å². The van der Waals surface area contributed by atoms with Gasteiger partial charge in [0.05, 0.1) is 31.9 Å². The monoisotopic (exact) mass is 588 g/mol. The fraction of sp³-hybridized carbons (Fsp3) is 0.654. The Morgan fingerprint density at radius 3 is 2.18 bits per heavy atom. The highest BCUT2D eigenvalue weighted by Gasteiger charge is 2.30. The number of hydrogen-bond acceptors (Lipinski definition) is 6. The molecule has 1 amide bonds. The third-order valence-electron chi connectivity index (χ3n) is 6.33. The largest absolute Gasteiger partial charge is 0.378 e. The number of carbonyl (C=O) groups is 3. The van der Waals surface area contributed by atoms with Crippen LogP contribution in [0.4, 0.5) is 0 Å². The van der Waals surface area contributed by atoms with E-state index in [2.05, 4.69) is 33.2 Å². The Morgan fingerprint density at radius 1 is 0.912 bits per heavy atom. The Morgan fingerprint density at radius 2 is 1.56 bits per heavy atom. The first-order valence-electron chi connectivity index (χ1n) is 12.0. The molecule has 34 heavy (non-hydrogen) atoms. The van der Waals surface area contributed by atoms with Crippen molar-refractivity contribution >= 4 is 40.1 Å². The van der Waals surface area contributed by atoms with Crippen molar-refractivity contribution in [3.8, 4) is 0 Å². The molecule has 1 rings (SSSR count). The molecule has 0 heterocycles. The van der Waals surface area contributed by atoms with Crippen LogP contribution in [0.3, 0.4) is 0 Å². The van der Waals surface area contributed by atoms with Crippen molar-refractivity contribution in [1.82, 2.24) is 10.6 Å². The number of amides is 1. The predicted molar refractivity (Wildman–Crippen MR) is 143 cm³/mol. The van der Waals surface area contributed by atoms with Gasteiger partial charge in [0, 0.05) is 22.0 Å². The zero-order valence-corrected chi connectivity index (χ0v) is 23.5. The molecule has 0 bridgehead atoms. The van der Waals surface area contributed by atoms with E-state index in [1.807, 2.05) is 58.9 Å². The highest BCUT2D eigenvalue weighted by molar-refractivity contribution is 14.1. The van der Waals surface area contributed by atoms with Crippen LogP contribution in [-0.4, -0.2) is 62.5 Å². The van der Waals surface area contributed by atoms with Gasteiger partial charge in [0.2, 0.25) is 5.91 Å². The van der Waals surface area contributed by atoms with Crippen molar-refractivity contribution in [1.29, 1.82) is 0 Å². The van der Waals surface area contributed by atoms with Gasteiger partial charge in [0.25, 0.3) is 0 Å². The van der Waals surface area contributed by atoms with Crippen LogP contribution in [0.25, 0.3) is 0 Å². The molecule has 0 spiro atoms. The Bertz CT molecular complexity index is 782. The van der Waals surface area contributed by atoms with Gasteiger partial charge < -0.3 is 20.1 Å². The molecule has 0 aliphatic rings. The van der Waals surface area contributed by atoms with Crippen LogP contribution >= 0.6 is 22.6 Å². The lowest BCUT2D eigenvalue weighted by molar-refractivity contribution is -0.132. The van der Waals surface area contributed by atoms with Crippen molar-refractivity contribution < 1.29 is 23.9 Å². The molecule has 0 saturated heterocycles. The summed E-state index contributed by atoms with van der Waals surface area (Å²) in [5.74, 6) is -0.0941. The quantitative estimate of drug-likeness (QED) is 0.201. The number of benzene rings is 1. The summed E-state index contributed by atoms with van der Waals surface area (Å²) in [6.07, 6.45) is 2.37. The van der Waals surface area contributed by atoms with Gasteiger partial charge in [-0.15, -0.1) is 0 Å². The van der Waals surface area contributed by atoms with E-state index in [4.69, 9.17) is 9.47 Å². The van der Waals surface area contributed by atoms with Crippen molar-refractivity contribution in [2.24, 2.45) is 5.41 Å². The number of aryl methyl sites for hydroxylation is 1. The van der Waals surface area contributed by atoms with Crippen molar-refractivity contribution in [3.63, 3.8) is 0 Å². The van der Waals surface area contributed by atoms with E-state index in [1.54, 1.807) is 0 Å². The SMILES string of the molecule is CCC(C)(C)C(=O)COCCOCCNC(C)(CC)C(=O)CNC(=O)CCc1ccc(I)cc1. The maximum absolute atomic E-state index is 12.7. The highest BCUT2D eigenvalue weighted by atomic mass is 127. The van der Waals surface area contributed by atoms with Crippen LogP contribution in [0.1, 0.15) is 59.4 Å². The highest BCUT2D eigenvalue weighted by Crippen LogP contribution is 2.20. The minimum Gasteiger partial charge on any atom is -0.378 e. The van der Waals surface area contributed by atoms with Crippen LogP contribution in [0.15, 0.2) is 24.3 Å². The summed E-state index contributed by atoms with van der Waals surface area (Å²) >= 11 is 2.25. The number of nitrogens with one attached hydrogen (secondary N) is 2. The minimum absolute atomic E-state index is 0.000302. The van der Waals surface area contributed by atoms with Crippen LogP contribution in [0, 0.1) is 8.99 Å². The Hall–Kier alpha value is -1.36. The van der Waals surface area contributed by atoms with Gasteiger partial charge in [-0.05, 0) is 66.5 Å². The van der Waals surface area contributed by atoms with Gasteiger partial charge in [-0.1, -0.05) is 39.8 Å². The second kappa shape index (κ2) is 15.6. The van der Waals surface area contributed by atoms with E-state index in [1.165, 1.54) is 0 Å². The average molecular weight is 589 g/mol. The molecular formula is C26H41IN2O5. The van der Waals surface area contributed by atoms with Gasteiger partial charge in [-0.2, -0.15) is 0 Å². The molecule has 7 nitrogen and oxygen atoms in total. The molecule has 0 saturated carbocycles. The Kier molecular flexibility index (Phi) is 14.1. The average Bonchev–Trinajstić information content (AvgIpc) is 2.83. The first kappa shape index (κ1) is 30.7. The molecule has 8 heteroatoms. The van der Waals surface area contributed by atoms with Gasteiger partial charge in [-0.25, -0.2) is 0 Å². The fourth-order valence-electron chi connectivity index (χ4n) is 2.97. The molecule has 1 unspecified atom stereocenters. The summed E-state index contributed by atoms with van der Waals surface area (Å²) in [5.41, 5.74) is 0.00710. The zero-order valence-electron chi connectivity index (χ0n) is 21.3. The summed E-state index contributed by atoms with van der Waals surface area (Å²) in [6, 6.07) is 8.06. The summed E-state index contributed by atoms with van der Waals surface area (Å²) in [4.78, 5) is 36.9. The molecule has 1 aromatic carbocycles. The molecule has 1 aromatic rings. The number of hydrogen-bond donors (Lipinski definition) is 2. The lowest BCUT2D eigenvalue weighted by Gasteiger charge is -2.28. The van der Waals surface area contributed by atoms with E-state index in [9.17, 15) is 14.4 Å². The molecule has 192 valence electrons. The van der Waals surface area contributed by atoms with E-state index in [0.717, 1.165) is 15.6 Å². The first-order valence-corrected chi connectivity index (χ1v) is 13.1. The smallest absolute Gasteiger partial charge is 0.220 e. The predicted octanol–water partition coefficient (Wildman–Crippen LogP) is 3.71. The summed E-state index contributed by atoms with van der Waals surface area (Å²) in [5, 5.41) is 5.99. The normalized spacial score (nSPS) is 13.4. The maximum atomic E-state index is 12.7. The molecule has 2 N–H and O–H groups in total. The number of rotatable bonds is 18. The van der Waals surface area contributed by atoms with E-state index in [-0.39, 0.29) is 36.0 Å². The lowest BCUT2D eigenvalue weighted by atomic mass is 9.86. The van der Waals surface area contributed by atoms with Crippen LogP contribution < -0.4 is 10.6 Å². The van der Waals surface area contributed by atoms with E-state index < -0.39 is 5.54 Å². The van der Waals surface area contributed by atoms with Crippen molar-refractivity contribution in [3.05, 3.63) is 33.4 Å². The van der Waals surface area contributed by atoms with Crippen LogP contribution in [0.2, 0.25) is 0 Å². The Balaban J connectivity index is 2.23. The maximum Gasteiger partial charge on any atom is 0.220 e. The first-order chi connectivity index (χ1) is 16.0.